The second kappa shape index (κ2) is 5.42. The van der Waals surface area contributed by atoms with Crippen molar-refractivity contribution in [2.24, 2.45) is 0 Å². The third-order valence-corrected chi connectivity index (χ3v) is 3.16. The summed E-state index contributed by atoms with van der Waals surface area (Å²) in [5.41, 5.74) is 0.000869. The first-order valence-corrected chi connectivity index (χ1v) is 6.04. The van der Waals surface area contributed by atoms with E-state index in [1.54, 1.807) is 17.0 Å². The minimum absolute atomic E-state index is 0.000869. The van der Waals surface area contributed by atoms with Crippen LogP contribution in [0.15, 0.2) is 17.2 Å². The molecule has 0 radical (unpaired) electrons. The highest BCUT2D eigenvalue weighted by atomic mass is 127. The predicted octanol–water partition coefficient (Wildman–Crippen LogP) is 0.411. The van der Waals surface area contributed by atoms with Crippen molar-refractivity contribution in [2.75, 3.05) is 6.61 Å². The van der Waals surface area contributed by atoms with Gasteiger partial charge in [0, 0.05) is 12.4 Å². The van der Waals surface area contributed by atoms with Crippen molar-refractivity contribution in [3.63, 3.8) is 0 Å². The van der Waals surface area contributed by atoms with Crippen LogP contribution in [-0.4, -0.2) is 27.5 Å². The van der Waals surface area contributed by atoms with Gasteiger partial charge in [0.05, 0.1) is 26.4 Å². The van der Waals surface area contributed by atoms with E-state index in [0.717, 1.165) is 0 Å². The smallest absolute Gasteiger partial charge is 0.208 e. The summed E-state index contributed by atoms with van der Waals surface area (Å²) in [5, 5.41) is 17.9. The number of aliphatic hydroxyl groups is 2. The van der Waals surface area contributed by atoms with E-state index in [-0.39, 0.29) is 12.0 Å². The third kappa shape index (κ3) is 3.17. The molecule has 0 aliphatic rings. The summed E-state index contributed by atoms with van der Waals surface area (Å²) in [6.45, 7) is 0.0159. The fraction of sp³-hybridized carbons (Fsp3) is 0.375. The summed E-state index contributed by atoms with van der Waals surface area (Å²) < 4.78 is 2.92. The zero-order valence-electron chi connectivity index (χ0n) is 7.15. The van der Waals surface area contributed by atoms with Crippen LogP contribution in [0.4, 0.5) is 0 Å². The summed E-state index contributed by atoms with van der Waals surface area (Å²) in [6, 6.07) is 0. The largest absolute Gasteiger partial charge is 0.394 e. The second-order valence-electron chi connectivity index (χ2n) is 2.82. The number of aromatic nitrogens is 1. The predicted molar refractivity (Wildman–Crippen MR) is 69.2 cm³/mol. The summed E-state index contributed by atoms with van der Waals surface area (Å²) in [6.07, 6.45) is 2.53. The van der Waals surface area contributed by atoms with E-state index in [0.29, 0.717) is 13.7 Å². The Kier molecular flexibility index (Phi) is 4.80. The molecular formula is C8H9I2NO3. The van der Waals surface area contributed by atoms with Gasteiger partial charge in [0.2, 0.25) is 5.43 Å². The van der Waals surface area contributed by atoms with Crippen molar-refractivity contribution in [1.82, 2.24) is 4.57 Å². The topological polar surface area (TPSA) is 62.5 Å². The Morgan fingerprint density at radius 1 is 1.36 bits per heavy atom. The molecule has 0 saturated heterocycles. The van der Waals surface area contributed by atoms with Crippen LogP contribution >= 0.6 is 45.2 Å². The molecule has 0 amide bonds. The molecule has 0 bridgehead atoms. The van der Waals surface area contributed by atoms with Crippen molar-refractivity contribution < 1.29 is 10.2 Å². The number of hydrogen-bond acceptors (Lipinski definition) is 3. The first kappa shape index (κ1) is 12.4. The first-order valence-electron chi connectivity index (χ1n) is 3.88. The Bertz CT molecular complexity index is 351. The number of hydrogen-bond donors (Lipinski definition) is 2. The van der Waals surface area contributed by atoms with Gasteiger partial charge in [-0.3, -0.25) is 4.79 Å². The Balaban J connectivity index is 2.95. The van der Waals surface area contributed by atoms with Crippen molar-refractivity contribution >= 4 is 45.2 Å². The minimum atomic E-state index is -0.788. The van der Waals surface area contributed by atoms with Crippen LogP contribution in [0.25, 0.3) is 0 Å². The van der Waals surface area contributed by atoms with E-state index in [4.69, 9.17) is 5.11 Å². The van der Waals surface area contributed by atoms with Gasteiger partial charge in [0.15, 0.2) is 0 Å². The monoisotopic (exact) mass is 421 g/mol. The van der Waals surface area contributed by atoms with Gasteiger partial charge in [-0.05, 0) is 45.2 Å². The van der Waals surface area contributed by atoms with Crippen LogP contribution in [0.3, 0.4) is 0 Å². The zero-order valence-corrected chi connectivity index (χ0v) is 11.5. The summed E-state index contributed by atoms with van der Waals surface area (Å²) >= 11 is 3.90. The number of halogens is 2. The average molecular weight is 421 g/mol. The highest BCUT2D eigenvalue weighted by molar-refractivity contribution is 14.1. The van der Waals surface area contributed by atoms with Gasteiger partial charge in [0.1, 0.15) is 0 Å². The molecule has 1 heterocycles. The van der Waals surface area contributed by atoms with E-state index in [2.05, 4.69) is 0 Å². The third-order valence-electron chi connectivity index (χ3n) is 1.62. The number of pyridine rings is 1. The summed E-state index contributed by atoms with van der Waals surface area (Å²) in [4.78, 5) is 11.3. The van der Waals surface area contributed by atoms with Gasteiger partial charge in [-0.1, -0.05) is 0 Å². The van der Waals surface area contributed by atoms with Crippen LogP contribution in [-0.2, 0) is 6.54 Å². The van der Waals surface area contributed by atoms with Crippen LogP contribution < -0.4 is 5.43 Å². The van der Waals surface area contributed by atoms with E-state index >= 15 is 0 Å². The Hall–Kier alpha value is 0.330. The van der Waals surface area contributed by atoms with E-state index < -0.39 is 6.10 Å². The van der Waals surface area contributed by atoms with E-state index in [1.165, 1.54) is 0 Å². The molecule has 1 aromatic rings. The molecule has 1 atom stereocenters. The Morgan fingerprint density at radius 3 is 2.29 bits per heavy atom. The van der Waals surface area contributed by atoms with Crippen molar-refractivity contribution in [2.45, 2.75) is 12.6 Å². The van der Waals surface area contributed by atoms with Crippen LogP contribution in [0.5, 0.6) is 0 Å². The second-order valence-corrected chi connectivity index (χ2v) is 5.14. The molecule has 6 heteroatoms. The average Bonchev–Trinajstić information content (AvgIpc) is 2.14. The number of rotatable bonds is 3. The fourth-order valence-corrected chi connectivity index (χ4v) is 2.78. The maximum Gasteiger partial charge on any atom is 0.208 e. The first-order chi connectivity index (χ1) is 6.54. The normalized spacial score (nSPS) is 12.9. The molecule has 0 spiro atoms. The molecule has 0 fully saturated rings. The lowest BCUT2D eigenvalue weighted by Crippen LogP contribution is -2.22. The SMILES string of the molecule is O=c1c(I)cn(CC(O)CO)cc1I. The molecule has 2 N–H and O–H groups in total. The maximum atomic E-state index is 11.3. The number of aliphatic hydroxyl groups excluding tert-OH is 2. The van der Waals surface area contributed by atoms with Crippen LogP contribution in [0.1, 0.15) is 0 Å². The van der Waals surface area contributed by atoms with Gasteiger partial charge < -0.3 is 14.8 Å². The lowest BCUT2D eigenvalue weighted by Gasteiger charge is -2.11. The lowest BCUT2D eigenvalue weighted by molar-refractivity contribution is 0.0810. The van der Waals surface area contributed by atoms with Crippen molar-refractivity contribution in [1.29, 1.82) is 0 Å². The highest BCUT2D eigenvalue weighted by Crippen LogP contribution is 2.04. The molecule has 14 heavy (non-hydrogen) atoms. The molecule has 0 aliphatic carbocycles. The Labute approximate surface area is 108 Å². The highest BCUT2D eigenvalue weighted by Gasteiger charge is 2.06. The van der Waals surface area contributed by atoms with Crippen LogP contribution in [0, 0.1) is 7.14 Å². The molecule has 1 unspecified atom stereocenters. The fourth-order valence-electron chi connectivity index (χ4n) is 0.966. The molecular weight excluding hydrogens is 412 g/mol. The van der Waals surface area contributed by atoms with Crippen molar-refractivity contribution in [3.8, 4) is 0 Å². The van der Waals surface area contributed by atoms with Gasteiger partial charge in [-0.15, -0.1) is 0 Å². The molecule has 78 valence electrons. The molecule has 4 nitrogen and oxygen atoms in total. The van der Waals surface area contributed by atoms with Gasteiger partial charge >= 0.3 is 0 Å². The zero-order chi connectivity index (χ0) is 10.7. The van der Waals surface area contributed by atoms with Gasteiger partial charge in [-0.2, -0.15) is 0 Å². The van der Waals surface area contributed by atoms with Gasteiger partial charge in [0.25, 0.3) is 0 Å². The minimum Gasteiger partial charge on any atom is -0.394 e. The standard InChI is InChI=1S/C8H9I2NO3/c9-6-2-11(1-5(13)4-12)3-7(10)8(6)14/h2-3,5,12-13H,1,4H2. The van der Waals surface area contributed by atoms with Crippen molar-refractivity contribution in [3.05, 3.63) is 29.8 Å². The quantitative estimate of drug-likeness (QED) is 0.696. The Morgan fingerprint density at radius 2 is 1.86 bits per heavy atom. The molecule has 1 aromatic heterocycles. The maximum absolute atomic E-state index is 11.3. The molecule has 1 rings (SSSR count). The van der Waals surface area contributed by atoms with Gasteiger partial charge in [-0.25, -0.2) is 0 Å². The summed E-state index contributed by atoms with van der Waals surface area (Å²) in [5.74, 6) is 0. The van der Waals surface area contributed by atoms with E-state index in [9.17, 15) is 9.90 Å². The van der Waals surface area contributed by atoms with Crippen LogP contribution in [0.2, 0.25) is 0 Å². The lowest BCUT2D eigenvalue weighted by atomic mass is 10.3. The number of nitrogens with zero attached hydrogens (tertiary/aromatic N) is 1. The molecule has 0 aromatic carbocycles. The molecule has 0 saturated carbocycles. The van der Waals surface area contributed by atoms with E-state index in [1.807, 2.05) is 45.2 Å². The molecule has 0 aliphatic heterocycles. The summed E-state index contributed by atoms with van der Waals surface area (Å²) in [7, 11) is 0.